The van der Waals surface area contributed by atoms with Crippen molar-refractivity contribution in [2.75, 3.05) is 20.3 Å². The van der Waals surface area contributed by atoms with Crippen molar-refractivity contribution < 1.29 is 24.4 Å². The average Bonchev–Trinajstić information content (AvgIpc) is 3.27. The summed E-state index contributed by atoms with van der Waals surface area (Å²) in [7, 11) is 1.58. The summed E-state index contributed by atoms with van der Waals surface area (Å²) in [5, 5.41) is 20.1. The number of aliphatic hydroxyl groups excluding tert-OH is 2. The highest BCUT2D eigenvalue weighted by Gasteiger charge is 2.59. The van der Waals surface area contributed by atoms with Gasteiger partial charge in [0.25, 0.3) is 5.56 Å². The molecule has 40 heavy (non-hydrogen) atoms. The van der Waals surface area contributed by atoms with Gasteiger partial charge in [-0.3, -0.25) is 14.3 Å². The number of halogens is 1. The molecule has 3 aromatic carbocycles. The van der Waals surface area contributed by atoms with Crippen LogP contribution >= 0.6 is 11.6 Å². The summed E-state index contributed by atoms with van der Waals surface area (Å²) >= 11 is 7.00. The van der Waals surface area contributed by atoms with Gasteiger partial charge in [-0.05, 0) is 28.8 Å². The summed E-state index contributed by atoms with van der Waals surface area (Å²) < 4.78 is 19.7. The lowest BCUT2D eigenvalue weighted by Crippen LogP contribution is -2.53. The fourth-order valence-corrected chi connectivity index (χ4v) is 5.65. The van der Waals surface area contributed by atoms with Crippen molar-refractivity contribution >= 4 is 11.6 Å². The Morgan fingerprint density at radius 2 is 1.45 bits per heavy atom. The zero-order valence-corrected chi connectivity index (χ0v) is 22.4. The van der Waals surface area contributed by atoms with Gasteiger partial charge in [0.2, 0.25) is 0 Å². The lowest BCUT2D eigenvalue weighted by Gasteiger charge is -2.42. The molecule has 5 rings (SSSR count). The number of rotatable bonds is 9. The second-order valence-corrected chi connectivity index (χ2v) is 10.0. The minimum Gasteiger partial charge on any atom is -0.497 e. The van der Waals surface area contributed by atoms with Crippen molar-refractivity contribution in [2.24, 2.45) is 0 Å². The minimum atomic E-state index is -1.70. The second-order valence-electron chi connectivity index (χ2n) is 9.53. The maximum atomic E-state index is 12.7. The zero-order chi connectivity index (χ0) is 28.3. The van der Waals surface area contributed by atoms with Crippen molar-refractivity contribution in [3.63, 3.8) is 0 Å². The molecular weight excluding hydrogens is 536 g/mol. The number of methoxy groups -OCH3 is 1. The van der Waals surface area contributed by atoms with Crippen LogP contribution in [0.4, 0.5) is 0 Å². The minimum absolute atomic E-state index is 0.583. The molecule has 0 unspecified atom stereocenters. The van der Waals surface area contributed by atoms with Crippen LogP contribution in [0.2, 0.25) is 0 Å². The van der Waals surface area contributed by atoms with E-state index in [1.54, 1.807) is 7.11 Å². The zero-order valence-electron chi connectivity index (χ0n) is 21.6. The summed E-state index contributed by atoms with van der Waals surface area (Å²) in [6.45, 7) is -1.32. The van der Waals surface area contributed by atoms with Gasteiger partial charge in [-0.25, -0.2) is 4.79 Å². The number of aliphatic hydroxyl groups is 2. The Morgan fingerprint density at radius 1 is 0.900 bits per heavy atom. The molecule has 1 aromatic heterocycles. The molecule has 3 N–H and O–H groups in total. The number of hydrogen-bond donors (Lipinski definition) is 3. The van der Waals surface area contributed by atoms with Crippen LogP contribution in [0.25, 0.3) is 0 Å². The van der Waals surface area contributed by atoms with Crippen molar-refractivity contribution in [3.8, 4) is 5.75 Å². The van der Waals surface area contributed by atoms with E-state index in [2.05, 4.69) is 4.98 Å². The van der Waals surface area contributed by atoms with Crippen molar-refractivity contribution in [3.05, 3.63) is 135 Å². The molecule has 10 heteroatoms. The molecule has 208 valence electrons. The maximum absolute atomic E-state index is 12.7. The van der Waals surface area contributed by atoms with Gasteiger partial charge < -0.3 is 24.4 Å². The van der Waals surface area contributed by atoms with E-state index < -0.39 is 53.4 Å². The lowest BCUT2D eigenvalue weighted by atomic mass is 9.79. The van der Waals surface area contributed by atoms with Crippen LogP contribution in [0.15, 0.2) is 107 Å². The van der Waals surface area contributed by atoms with Crippen LogP contribution in [-0.4, -0.2) is 57.2 Å². The first-order chi connectivity index (χ1) is 19.4. The third kappa shape index (κ3) is 4.76. The third-order valence-corrected chi connectivity index (χ3v) is 7.70. The molecule has 1 fully saturated rings. The first-order valence-electron chi connectivity index (χ1n) is 12.7. The molecule has 9 nitrogen and oxygen atoms in total. The number of nitrogens with one attached hydrogen (secondary N) is 1. The number of aromatic amines is 1. The summed E-state index contributed by atoms with van der Waals surface area (Å²) in [4.78, 5) is 26.5. The molecule has 0 bridgehead atoms. The Balaban J connectivity index is 1.73. The number of hydrogen-bond acceptors (Lipinski definition) is 7. The number of ether oxygens (including phenoxy) is 3. The number of benzene rings is 3. The van der Waals surface area contributed by atoms with E-state index in [9.17, 15) is 19.8 Å². The van der Waals surface area contributed by atoms with Crippen molar-refractivity contribution in [1.82, 2.24) is 9.55 Å². The fourth-order valence-electron chi connectivity index (χ4n) is 5.19. The van der Waals surface area contributed by atoms with Crippen LogP contribution < -0.4 is 16.0 Å². The van der Waals surface area contributed by atoms with Gasteiger partial charge in [0, 0.05) is 12.3 Å². The molecule has 3 atom stereocenters. The normalized spacial score (nSPS) is 20.4. The molecule has 0 spiro atoms. The second kappa shape index (κ2) is 11.4. The van der Waals surface area contributed by atoms with Gasteiger partial charge in [0.1, 0.15) is 28.4 Å². The fraction of sp³-hybridized carbons (Fsp3) is 0.267. The highest BCUT2D eigenvalue weighted by atomic mass is 35.5. The standard InChI is InChI=1S/C30H29ClN2O7/c1-38-23-14-12-22(13-15-23)30(20-8-4-2-5-9-20,21-10-6-3-7-11-21)39-26-25(31)27(40-29(26,18-34)19-35)33-17-16-24(36)32-28(33)37/h2-17,25-27,34-35H,18-19H2,1H3,(H,32,36,37)/t25-,26-,27+/m0/s1. The van der Waals surface area contributed by atoms with Gasteiger partial charge >= 0.3 is 5.69 Å². The maximum Gasteiger partial charge on any atom is 0.330 e. The molecule has 1 saturated heterocycles. The van der Waals surface area contributed by atoms with Crippen LogP contribution in [0, 0.1) is 0 Å². The molecule has 0 radical (unpaired) electrons. The Labute approximate surface area is 235 Å². The monoisotopic (exact) mass is 564 g/mol. The molecule has 2 heterocycles. The van der Waals surface area contributed by atoms with E-state index in [1.165, 1.54) is 6.20 Å². The van der Waals surface area contributed by atoms with Gasteiger partial charge in [-0.1, -0.05) is 72.8 Å². The summed E-state index contributed by atoms with van der Waals surface area (Å²) in [6.07, 6.45) is -1.06. The predicted octanol–water partition coefficient (Wildman–Crippen LogP) is 2.78. The number of H-pyrrole nitrogens is 1. The van der Waals surface area contributed by atoms with Crippen LogP contribution in [-0.2, 0) is 15.1 Å². The first kappa shape index (κ1) is 27.8. The number of alkyl halides is 1. The smallest absolute Gasteiger partial charge is 0.330 e. The Bertz CT molecular complexity index is 1500. The molecule has 1 aliphatic rings. The van der Waals surface area contributed by atoms with E-state index in [0.717, 1.165) is 27.3 Å². The molecule has 4 aromatic rings. The number of nitrogens with zero attached hydrogens (tertiary/aromatic N) is 1. The average molecular weight is 565 g/mol. The number of aromatic nitrogens is 2. The van der Waals surface area contributed by atoms with Gasteiger partial charge in [-0.15, -0.1) is 11.6 Å². The quantitative estimate of drug-likeness (QED) is 0.211. The van der Waals surface area contributed by atoms with Gasteiger partial charge in [0.05, 0.1) is 20.3 Å². The summed E-state index contributed by atoms with van der Waals surface area (Å²) in [5.41, 5.74) is -2.09. The van der Waals surface area contributed by atoms with E-state index in [0.29, 0.717) is 5.75 Å². The summed E-state index contributed by atoms with van der Waals surface area (Å²) in [5.74, 6) is 0.649. The molecule has 0 amide bonds. The Hall–Kier alpha value is -3.73. The molecular formula is C30H29ClN2O7. The van der Waals surface area contributed by atoms with E-state index in [1.807, 2.05) is 84.9 Å². The van der Waals surface area contributed by atoms with Crippen LogP contribution in [0.1, 0.15) is 22.9 Å². The third-order valence-electron chi connectivity index (χ3n) is 7.26. The largest absolute Gasteiger partial charge is 0.497 e. The van der Waals surface area contributed by atoms with E-state index in [-0.39, 0.29) is 0 Å². The Morgan fingerprint density at radius 3 is 1.95 bits per heavy atom. The molecule has 0 aliphatic carbocycles. The van der Waals surface area contributed by atoms with Crippen molar-refractivity contribution in [1.29, 1.82) is 0 Å². The summed E-state index contributed by atoms with van der Waals surface area (Å²) in [6, 6.07) is 27.5. The highest BCUT2D eigenvalue weighted by molar-refractivity contribution is 6.21. The van der Waals surface area contributed by atoms with E-state index in [4.69, 9.17) is 25.8 Å². The molecule has 1 aliphatic heterocycles. The SMILES string of the molecule is COc1ccc(C(O[C@H]2[C@H](Cl)[C@H](n3ccc(=O)[nH]c3=O)OC2(CO)CO)(c2ccccc2)c2ccccc2)cc1. The van der Waals surface area contributed by atoms with E-state index >= 15 is 0 Å². The van der Waals surface area contributed by atoms with Crippen LogP contribution in [0.5, 0.6) is 5.75 Å². The first-order valence-corrected chi connectivity index (χ1v) is 13.1. The Kier molecular flexibility index (Phi) is 7.93. The van der Waals surface area contributed by atoms with Crippen LogP contribution in [0.3, 0.4) is 0 Å². The van der Waals surface area contributed by atoms with Crippen molar-refractivity contribution in [2.45, 2.75) is 28.9 Å². The predicted molar refractivity (Wildman–Crippen MR) is 149 cm³/mol. The topological polar surface area (TPSA) is 123 Å². The lowest BCUT2D eigenvalue weighted by molar-refractivity contribution is -0.180. The van der Waals surface area contributed by atoms with Gasteiger partial charge in [-0.2, -0.15) is 0 Å². The highest BCUT2D eigenvalue weighted by Crippen LogP contribution is 2.49. The van der Waals surface area contributed by atoms with Gasteiger partial charge in [0.15, 0.2) is 6.23 Å². The molecule has 0 saturated carbocycles.